The highest BCUT2D eigenvalue weighted by atomic mass is 14.9. The van der Waals surface area contributed by atoms with Crippen molar-refractivity contribution < 1.29 is 0 Å². The Morgan fingerprint density at radius 3 is 2.70 bits per heavy atom. The van der Waals surface area contributed by atoms with E-state index >= 15 is 0 Å². The van der Waals surface area contributed by atoms with Crippen LogP contribution in [0.2, 0.25) is 0 Å². The van der Waals surface area contributed by atoms with E-state index in [2.05, 4.69) is 86.8 Å². The summed E-state index contributed by atoms with van der Waals surface area (Å²) in [5.74, 6) is 1.77. The van der Waals surface area contributed by atoms with Crippen LogP contribution in [0.15, 0.2) is 66.4 Å². The van der Waals surface area contributed by atoms with Gasteiger partial charge in [0, 0.05) is 17.3 Å². The summed E-state index contributed by atoms with van der Waals surface area (Å²) in [4.78, 5) is 0. The maximum Gasteiger partial charge on any atom is 0.0387 e. The Morgan fingerprint density at radius 1 is 1.09 bits per heavy atom. The van der Waals surface area contributed by atoms with Crippen LogP contribution in [0, 0.1) is 11.8 Å². The molecule has 23 heavy (non-hydrogen) atoms. The standard InChI is InChI=1S/C22H25N/c1-15-8-10-16(11-9-15)23-17-12-13-19-18-6-4-5-7-20(18)22(2,3)21(19)14-17/h4-8,10-15,18,20,23H,9H2,1-3H3. The average molecular weight is 303 g/mol. The molecule has 3 unspecified atom stereocenters. The van der Waals surface area contributed by atoms with Crippen LogP contribution < -0.4 is 5.32 Å². The smallest absolute Gasteiger partial charge is 0.0387 e. The molecule has 4 rings (SSSR count). The number of hydrogen-bond donors (Lipinski definition) is 1. The van der Waals surface area contributed by atoms with Gasteiger partial charge in [-0.2, -0.15) is 0 Å². The number of nitrogens with one attached hydrogen (secondary N) is 1. The molecule has 1 aromatic carbocycles. The second-order valence-corrected chi connectivity index (χ2v) is 7.70. The normalized spacial score (nSPS) is 29.9. The third kappa shape index (κ3) is 2.39. The first kappa shape index (κ1) is 14.6. The molecular formula is C22H25N. The number of anilines is 1. The van der Waals surface area contributed by atoms with Gasteiger partial charge in [0.2, 0.25) is 0 Å². The van der Waals surface area contributed by atoms with Gasteiger partial charge in [-0.05, 0) is 53.0 Å². The van der Waals surface area contributed by atoms with Crippen molar-refractivity contribution in [2.24, 2.45) is 11.8 Å². The lowest BCUT2D eigenvalue weighted by Gasteiger charge is -2.29. The highest BCUT2D eigenvalue weighted by Gasteiger charge is 2.44. The molecule has 1 aromatic rings. The second-order valence-electron chi connectivity index (χ2n) is 7.70. The highest BCUT2D eigenvalue weighted by molar-refractivity contribution is 5.60. The third-order valence-electron chi connectivity index (χ3n) is 5.68. The quantitative estimate of drug-likeness (QED) is 0.739. The molecule has 0 saturated heterocycles. The fourth-order valence-corrected chi connectivity index (χ4v) is 4.24. The van der Waals surface area contributed by atoms with Crippen LogP contribution in [0.1, 0.15) is 44.2 Å². The number of rotatable bonds is 2. The molecule has 0 radical (unpaired) electrons. The Kier molecular flexibility index (Phi) is 3.33. The molecule has 1 nitrogen and oxygen atoms in total. The summed E-state index contributed by atoms with van der Waals surface area (Å²) < 4.78 is 0. The minimum absolute atomic E-state index is 0.185. The van der Waals surface area contributed by atoms with Gasteiger partial charge in [-0.25, -0.2) is 0 Å². The van der Waals surface area contributed by atoms with Gasteiger partial charge in [-0.3, -0.25) is 0 Å². The van der Waals surface area contributed by atoms with Crippen LogP contribution >= 0.6 is 0 Å². The Morgan fingerprint density at radius 2 is 1.91 bits per heavy atom. The van der Waals surface area contributed by atoms with Crippen molar-refractivity contribution in [3.8, 4) is 0 Å². The maximum atomic E-state index is 3.59. The van der Waals surface area contributed by atoms with Crippen LogP contribution in [0.4, 0.5) is 5.69 Å². The Labute approximate surface area is 139 Å². The van der Waals surface area contributed by atoms with Gasteiger partial charge in [0.25, 0.3) is 0 Å². The van der Waals surface area contributed by atoms with E-state index in [1.54, 1.807) is 0 Å². The lowest BCUT2D eigenvalue weighted by Crippen LogP contribution is -2.24. The molecule has 0 amide bonds. The van der Waals surface area contributed by atoms with Crippen molar-refractivity contribution in [2.45, 2.75) is 38.5 Å². The summed E-state index contributed by atoms with van der Waals surface area (Å²) in [5.41, 5.74) is 5.59. The Balaban J connectivity index is 1.66. The molecule has 118 valence electrons. The number of hydrogen-bond acceptors (Lipinski definition) is 1. The van der Waals surface area contributed by atoms with Gasteiger partial charge in [-0.1, -0.05) is 63.3 Å². The molecule has 0 heterocycles. The van der Waals surface area contributed by atoms with Crippen molar-refractivity contribution in [3.63, 3.8) is 0 Å². The summed E-state index contributed by atoms with van der Waals surface area (Å²) in [5, 5.41) is 3.59. The van der Waals surface area contributed by atoms with Crippen LogP contribution in [-0.2, 0) is 5.41 Å². The maximum absolute atomic E-state index is 3.59. The van der Waals surface area contributed by atoms with Crippen LogP contribution in [0.25, 0.3) is 0 Å². The number of allylic oxidation sites excluding steroid dienone is 7. The van der Waals surface area contributed by atoms with Crippen molar-refractivity contribution in [1.82, 2.24) is 0 Å². The van der Waals surface area contributed by atoms with Gasteiger partial charge >= 0.3 is 0 Å². The van der Waals surface area contributed by atoms with E-state index in [1.165, 1.54) is 22.5 Å². The van der Waals surface area contributed by atoms with E-state index in [-0.39, 0.29) is 5.41 Å². The molecule has 3 atom stereocenters. The molecule has 1 heteroatoms. The van der Waals surface area contributed by atoms with Gasteiger partial charge in [0.05, 0.1) is 0 Å². The van der Waals surface area contributed by atoms with Gasteiger partial charge in [-0.15, -0.1) is 0 Å². The van der Waals surface area contributed by atoms with Gasteiger partial charge in [0.1, 0.15) is 0 Å². The summed E-state index contributed by atoms with van der Waals surface area (Å²) in [6, 6.07) is 6.92. The molecular weight excluding hydrogens is 278 g/mol. The van der Waals surface area contributed by atoms with Crippen molar-refractivity contribution in [2.75, 3.05) is 5.32 Å². The SMILES string of the molecule is CC1C=CC(Nc2ccc3c(c2)C(C)(C)C2C=CC=CC32)=CC1. The van der Waals surface area contributed by atoms with Crippen LogP contribution in [0.5, 0.6) is 0 Å². The van der Waals surface area contributed by atoms with E-state index in [0.717, 1.165) is 6.42 Å². The van der Waals surface area contributed by atoms with E-state index in [0.29, 0.717) is 17.8 Å². The van der Waals surface area contributed by atoms with E-state index in [9.17, 15) is 0 Å². The Hall–Kier alpha value is -2.02. The van der Waals surface area contributed by atoms with Crippen molar-refractivity contribution in [3.05, 3.63) is 77.6 Å². The molecule has 0 spiro atoms. The minimum Gasteiger partial charge on any atom is -0.356 e. The number of benzene rings is 1. The minimum atomic E-state index is 0.185. The monoisotopic (exact) mass is 303 g/mol. The zero-order chi connectivity index (χ0) is 16.0. The first-order valence-corrected chi connectivity index (χ1v) is 8.70. The highest BCUT2D eigenvalue weighted by Crippen LogP contribution is 2.53. The molecule has 0 aliphatic heterocycles. The lowest BCUT2D eigenvalue weighted by molar-refractivity contribution is 0.394. The molecule has 3 aliphatic rings. The summed E-state index contributed by atoms with van der Waals surface area (Å²) in [7, 11) is 0. The molecule has 1 N–H and O–H groups in total. The predicted octanol–water partition coefficient (Wildman–Crippen LogP) is 5.70. The van der Waals surface area contributed by atoms with Crippen molar-refractivity contribution >= 4 is 5.69 Å². The topological polar surface area (TPSA) is 12.0 Å². The lowest BCUT2D eigenvalue weighted by atomic mass is 9.74. The summed E-state index contributed by atoms with van der Waals surface area (Å²) in [6.45, 7) is 7.01. The van der Waals surface area contributed by atoms with E-state index in [4.69, 9.17) is 0 Å². The van der Waals surface area contributed by atoms with E-state index < -0.39 is 0 Å². The molecule has 0 saturated carbocycles. The number of fused-ring (bicyclic) bond motifs is 3. The molecule has 3 aliphatic carbocycles. The third-order valence-corrected chi connectivity index (χ3v) is 5.68. The second kappa shape index (κ2) is 5.26. The van der Waals surface area contributed by atoms with Crippen LogP contribution in [0.3, 0.4) is 0 Å². The van der Waals surface area contributed by atoms with Crippen molar-refractivity contribution in [1.29, 1.82) is 0 Å². The fourth-order valence-electron chi connectivity index (χ4n) is 4.24. The first-order chi connectivity index (χ1) is 11.1. The zero-order valence-corrected chi connectivity index (χ0v) is 14.2. The average Bonchev–Trinajstić information content (AvgIpc) is 2.78. The van der Waals surface area contributed by atoms with E-state index in [1.807, 2.05) is 0 Å². The van der Waals surface area contributed by atoms with Crippen LogP contribution in [-0.4, -0.2) is 0 Å². The van der Waals surface area contributed by atoms with Gasteiger partial charge < -0.3 is 5.32 Å². The largest absolute Gasteiger partial charge is 0.356 e. The Bertz CT molecular complexity index is 745. The molecule has 0 aromatic heterocycles. The zero-order valence-electron chi connectivity index (χ0n) is 14.2. The first-order valence-electron chi connectivity index (χ1n) is 8.70. The molecule has 0 bridgehead atoms. The van der Waals surface area contributed by atoms with Gasteiger partial charge in [0.15, 0.2) is 0 Å². The summed E-state index contributed by atoms with van der Waals surface area (Å²) >= 11 is 0. The molecule has 0 fully saturated rings. The predicted molar refractivity (Wildman–Crippen MR) is 98.6 cm³/mol. The fraction of sp³-hybridized carbons (Fsp3) is 0.364. The summed E-state index contributed by atoms with van der Waals surface area (Å²) in [6.07, 6.45) is 17.0.